The Morgan fingerprint density at radius 1 is 0.800 bits per heavy atom. The predicted octanol–water partition coefficient (Wildman–Crippen LogP) is 4.18. The van der Waals surface area contributed by atoms with Crippen LogP contribution in [0.3, 0.4) is 0 Å². The third-order valence-electron chi connectivity index (χ3n) is 2.03. The van der Waals surface area contributed by atoms with Crippen LogP contribution in [0.25, 0.3) is 0 Å². The zero-order valence-electron chi connectivity index (χ0n) is 7.93. The Kier molecular flexibility index (Phi) is 3.30. The maximum absolute atomic E-state index is 5.88. The molecule has 0 N–H and O–H groups in total. The third-order valence-corrected chi connectivity index (χ3v) is 2.47. The van der Waals surface area contributed by atoms with E-state index in [1.165, 1.54) is 0 Å². The summed E-state index contributed by atoms with van der Waals surface area (Å²) in [6, 6.07) is 17.2. The standard InChI is InChI=1S/C13H8Cl2/c14-12-5-1-3-10(8-12)7-11-4-2-6-13(15)9-11/h3-6,8-9H,7H2. The van der Waals surface area contributed by atoms with Crippen LogP contribution in [0.1, 0.15) is 11.1 Å². The summed E-state index contributed by atoms with van der Waals surface area (Å²) >= 11 is 11.8. The number of hydrogen-bond donors (Lipinski definition) is 0. The SMILES string of the molecule is Clc1c[c]cc(Cc2c[c]cc(Cl)c2)c1. The normalized spacial score (nSPS) is 10.3. The lowest BCUT2D eigenvalue weighted by molar-refractivity contribution is 1.19. The van der Waals surface area contributed by atoms with Gasteiger partial charge in [-0.2, -0.15) is 0 Å². The first-order valence-corrected chi connectivity index (χ1v) is 5.31. The lowest BCUT2D eigenvalue weighted by Crippen LogP contribution is -1.87. The highest BCUT2D eigenvalue weighted by molar-refractivity contribution is 6.30. The minimum Gasteiger partial charge on any atom is -0.0843 e. The fourth-order valence-corrected chi connectivity index (χ4v) is 1.82. The van der Waals surface area contributed by atoms with Crippen LogP contribution in [0.15, 0.2) is 36.4 Å². The van der Waals surface area contributed by atoms with E-state index in [2.05, 4.69) is 12.1 Å². The molecule has 2 radical (unpaired) electrons. The monoisotopic (exact) mass is 234 g/mol. The molecule has 74 valence electrons. The van der Waals surface area contributed by atoms with Gasteiger partial charge >= 0.3 is 0 Å². The van der Waals surface area contributed by atoms with E-state index < -0.39 is 0 Å². The average Bonchev–Trinajstić information content (AvgIpc) is 2.17. The molecular weight excluding hydrogens is 227 g/mol. The first-order chi connectivity index (χ1) is 7.24. The van der Waals surface area contributed by atoms with Gasteiger partial charge in [-0.3, -0.25) is 0 Å². The van der Waals surface area contributed by atoms with Crippen molar-refractivity contribution in [1.82, 2.24) is 0 Å². The molecule has 2 aromatic rings. The van der Waals surface area contributed by atoms with Crippen molar-refractivity contribution in [3.8, 4) is 0 Å². The molecule has 0 amide bonds. The summed E-state index contributed by atoms with van der Waals surface area (Å²) < 4.78 is 0. The van der Waals surface area contributed by atoms with Gasteiger partial charge in [0.2, 0.25) is 0 Å². The smallest absolute Gasteiger partial charge is 0.0415 e. The predicted molar refractivity (Wildman–Crippen MR) is 63.4 cm³/mol. The second-order valence-corrected chi connectivity index (χ2v) is 4.17. The molecule has 0 spiro atoms. The summed E-state index contributed by atoms with van der Waals surface area (Å²) in [7, 11) is 0. The highest BCUT2D eigenvalue weighted by Gasteiger charge is 1.98. The first kappa shape index (κ1) is 10.5. The third kappa shape index (κ3) is 2.98. The fraction of sp³-hybridized carbons (Fsp3) is 0.0769. The molecule has 2 heteroatoms. The molecule has 0 heterocycles. The van der Waals surface area contributed by atoms with Gasteiger partial charge in [0.1, 0.15) is 0 Å². The number of rotatable bonds is 2. The molecule has 0 aromatic heterocycles. The minimum atomic E-state index is 0.707. The van der Waals surface area contributed by atoms with Crippen LogP contribution in [-0.2, 0) is 6.42 Å². The Balaban J connectivity index is 2.22. The molecule has 2 aromatic carbocycles. The summed E-state index contributed by atoms with van der Waals surface area (Å²) in [5.41, 5.74) is 2.25. The molecule has 15 heavy (non-hydrogen) atoms. The van der Waals surface area contributed by atoms with Crippen LogP contribution >= 0.6 is 23.2 Å². The van der Waals surface area contributed by atoms with Crippen LogP contribution in [0.5, 0.6) is 0 Å². The second-order valence-electron chi connectivity index (χ2n) is 3.30. The minimum absolute atomic E-state index is 0.707. The van der Waals surface area contributed by atoms with E-state index in [1.54, 1.807) is 12.1 Å². The molecule has 0 fully saturated rings. The first-order valence-electron chi connectivity index (χ1n) is 4.55. The zero-order valence-corrected chi connectivity index (χ0v) is 9.44. The molecule has 0 atom stereocenters. The van der Waals surface area contributed by atoms with Crippen molar-refractivity contribution in [2.75, 3.05) is 0 Å². The van der Waals surface area contributed by atoms with Crippen LogP contribution in [0, 0.1) is 12.1 Å². The van der Waals surface area contributed by atoms with Gasteiger partial charge in [0.05, 0.1) is 0 Å². The van der Waals surface area contributed by atoms with E-state index in [1.807, 2.05) is 24.3 Å². The quantitative estimate of drug-likeness (QED) is 0.732. The largest absolute Gasteiger partial charge is 0.0843 e. The molecule has 0 unspecified atom stereocenters. The summed E-state index contributed by atoms with van der Waals surface area (Å²) in [6.45, 7) is 0. The Hall–Kier alpha value is -0.980. The van der Waals surface area contributed by atoms with Gasteiger partial charge in [-0.25, -0.2) is 0 Å². The van der Waals surface area contributed by atoms with Crippen LogP contribution < -0.4 is 0 Å². The van der Waals surface area contributed by atoms with Crippen molar-refractivity contribution < 1.29 is 0 Å². The lowest BCUT2D eigenvalue weighted by atomic mass is 10.1. The van der Waals surface area contributed by atoms with Crippen molar-refractivity contribution >= 4 is 23.2 Å². The molecule has 0 saturated heterocycles. The fourth-order valence-electron chi connectivity index (χ4n) is 1.42. The van der Waals surface area contributed by atoms with Gasteiger partial charge in [0, 0.05) is 10.0 Å². The lowest BCUT2D eigenvalue weighted by Gasteiger charge is -2.02. The molecule has 0 saturated carbocycles. The van der Waals surface area contributed by atoms with Gasteiger partial charge in [0.25, 0.3) is 0 Å². The van der Waals surface area contributed by atoms with Crippen molar-refractivity contribution in [2.24, 2.45) is 0 Å². The number of halogens is 2. The van der Waals surface area contributed by atoms with Gasteiger partial charge in [0.15, 0.2) is 0 Å². The van der Waals surface area contributed by atoms with Gasteiger partial charge in [-0.1, -0.05) is 35.3 Å². The average molecular weight is 235 g/mol. The Labute approximate surface area is 99.5 Å². The van der Waals surface area contributed by atoms with Crippen LogP contribution in [-0.4, -0.2) is 0 Å². The molecule has 2 rings (SSSR count). The number of benzene rings is 2. The van der Waals surface area contributed by atoms with Crippen molar-refractivity contribution in [3.05, 3.63) is 69.7 Å². The molecule has 0 nitrogen and oxygen atoms in total. The zero-order chi connectivity index (χ0) is 10.7. The maximum Gasteiger partial charge on any atom is 0.0415 e. The molecular formula is C13H8Cl2. The van der Waals surface area contributed by atoms with E-state index in [0.29, 0.717) is 10.0 Å². The van der Waals surface area contributed by atoms with Crippen molar-refractivity contribution in [3.63, 3.8) is 0 Å². The van der Waals surface area contributed by atoms with Gasteiger partial charge in [-0.05, 0) is 53.9 Å². The Morgan fingerprint density at radius 2 is 1.27 bits per heavy atom. The second kappa shape index (κ2) is 4.69. The molecule has 0 aliphatic carbocycles. The van der Waals surface area contributed by atoms with E-state index in [4.69, 9.17) is 23.2 Å². The van der Waals surface area contributed by atoms with Crippen molar-refractivity contribution in [1.29, 1.82) is 0 Å². The molecule has 0 aliphatic heterocycles. The number of hydrogen-bond acceptors (Lipinski definition) is 0. The van der Waals surface area contributed by atoms with Crippen molar-refractivity contribution in [2.45, 2.75) is 6.42 Å². The van der Waals surface area contributed by atoms with Gasteiger partial charge in [-0.15, -0.1) is 0 Å². The summed E-state index contributed by atoms with van der Waals surface area (Å²) in [5.74, 6) is 0. The summed E-state index contributed by atoms with van der Waals surface area (Å²) in [4.78, 5) is 0. The maximum atomic E-state index is 5.88. The summed E-state index contributed by atoms with van der Waals surface area (Å²) in [5, 5.41) is 1.41. The van der Waals surface area contributed by atoms with E-state index in [0.717, 1.165) is 17.5 Å². The Morgan fingerprint density at radius 3 is 1.67 bits per heavy atom. The summed E-state index contributed by atoms with van der Waals surface area (Å²) in [6.07, 6.45) is 0.800. The highest BCUT2D eigenvalue weighted by Crippen LogP contribution is 2.16. The van der Waals surface area contributed by atoms with E-state index >= 15 is 0 Å². The highest BCUT2D eigenvalue weighted by atomic mass is 35.5. The van der Waals surface area contributed by atoms with E-state index in [9.17, 15) is 0 Å². The molecule has 0 bridgehead atoms. The van der Waals surface area contributed by atoms with Crippen LogP contribution in [0.4, 0.5) is 0 Å². The Bertz CT molecular complexity index is 420. The van der Waals surface area contributed by atoms with Gasteiger partial charge < -0.3 is 0 Å². The molecule has 0 aliphatic rings. The van der Waals surface area contributed by atoms with Crippen LogP contribution in [0.2, 0.25) is 10.0 Å². The topological polar surface area (TPSA) is 0 Å². The van der Waals surface area contributed by atoms with E-state index in [-0.39, 0.29) is 0 Å².